The van der Waals surface area contributed by atoms with Crippen LogP contribution in [-0.2, 0) is 6.42 Å². The van der Waals surface area contributed by atoms with Gasteiger partial charge in [0.1, 0.15) is 0 Å². The van der Waals surface area contributed by atoms with Crippen molar-refractivity contribution in [3.05, 3.63) is 42.5 Å². The monoisotopic (exact) mass is 215 g/mol. The molecule has 0 aliphatic carbocycles. The Labute approximate surface area is 93.8 Å². The lowest BCUT2D eigenvalue weighted by Gasteiger charge is -2.04. The molecular formula is C11H13N5. The van der Waals surface area contributed by atoms with Gasteiger partial charge in [-0.15, -0.1) is 0 Å². The summed E-state index contributed by atoms with van der Waals surface area (Å²) in [6.45, 7) is 0.786. The van der Waals surface area contributed by atoms with Gasteiger partial charge < -0.3 is 11.1 Å². The molecule has 0 bridgehead atoms. The van der Waals surface area contributed by atoms with E-state index >= 15 is 0 Å². The fourth-order valence-electron chi connectivity index (χ4n) is 1.30. The Morgan fingerprint density at radius 2 is 1.81 bits per heavy atom. The molecule has 0 amide bonds. The molecule has 2 aromatic heterocycles. The molecule has 0 saturated heterocycles. The Kier molecular flexibility index (Phi) is 3.28. The van der Waals surface area contributed by atoms with Crippen molar-refractivity contribution in [3.8, 4) is 0 Å². The third-order valence-electron chi connectivity index (χ3n) is 2.12. The van der Waals surface area contributed by atoms with Crippen LogP contribution in [-0.4, -0.2) is 21.5 Å². The van der Waals surface area contributed by atoms with Crippen molar-refractivity contribution >= 4 is 11.6 Å². The molecule has 2 heterocycles. The van der Waals surface area contributed by atoms with E-state index in [0.717, 1.165) is 13.0 Å². The number of nitrogens with zero attached hydrogens (tertiary/aromatic N) is 3. The van der Waals surface area contributed by atoms with Gasteiger partial charge in [0.15, 0.2) is 0 Å². The van der Waals surface area contributed by atoms with Crippen LogP contribution in [0.2, 0.25) is 0 Å². The molecule has 0 unspecified atom stereocenters. The number of nitrogens with two attached hydrogens (primary N) is 1. The van der Waals surface area contributed by atoms with E-state index in [1.165, 1.54) is 5.56 Å². The van der Waals surface area contributed by atoms with Gasteiger partial charge in [-0.05, 0) is 24.1 Å². The molecule has 3 N–H and O–H groups in total. The first kappa shape index (κ1) is 10.4. The van der Waals surface area contributed by atoms with Crippen LogP contribution in [0.15, 0.2) is 36.9 Å². The summed E-state index contributed by atoms with van der Waals surface area (Å²) in [5.41, 5.74) is 7.29. The van der Waals surface area contributed by atoms with Gasteiger partial charge in [0.25, 0.3) is 0 Å². The van der Waals surface area contributed by atoms with Crippen LogP contribution in [0, 0.1) is 0 Å². The van der Waals surface area contributed by atoms with Crippen LogP contribution in [0.5, 0.6) is 0 Å². The molecule has 0 aromatic carbocycles. The van der Waals surface area contributed by atoms with Crippen LogP contribution in [0.25, 0.3) is 0 Å². The molecule has 0 atom stereocenters. The van der Waals surface area contributed by atoms with Gasteiger partial charge in [0, 0.05) is 18.9 Å². The SMILES string of the molecule is Nc1cnc(NCCc2ccncc2)nc1. The van der Waals surface area contributed by atoms with Crippen molar-refractivity contribution < 1.29 is 0 Å². The first-order chi connectivity index (χ1) is 7.84. The molecule has 2 rings (SSSR count). The lowest BCUT2D eigenvalue weighted by atomic mass is 10.2. The molecule has 0 aliphatic heterocycles. The van der Waals surface area contributed by atoms with Gasteiger partial charge in [-0.2, -0.15) is 0 Å². The average molecular weight is 215 g/mol. The second kappa shape index (κ2) is 5.06. The lowest BCUT2D eigenvalue weighted by Crippen LogP contribution is -2.08. The molecule has 0 fully saturated rings. The number of pyridine rings is 1. The zero-order valence-electron chi connectivity index (χ0n) is 8.80. The summed E-state index contributed by atoms with van der Waals surface area (Å²) in [4.78, 5) is 12.1. The predicted molar refractivity (Wildman–Crippen MR) is 62.9 cm³/mol. The summed E-state index contributed by atoms with van der Waals surface area (Å²) >= 11 is 0. The van der Waals surface area contributed by atoms with Gasteiger partial charge in [-0.1, -0.05) is 0 Å². The van der Waals surface area contributed by atoms with Crippen molar-refractivity contribution in [2.75, 3.05) is 17.6 Å². The number of anilines is 2. The Balaban J connectivity index is 1.82. The van der Waals surface area contributed by atoms with E-state index in [2.05, 4.69) is 20.3 Å². The number of hydrogen-bond donors (Lipinski definition) is 2. The van der Waals surface area contributed by atoms with Crippen LogP contribution < -0.4 is 11.1 Å². The number of hydrogen-bond acceptors (Lipinski definition) is 5. The second-order valence-electron chi connectivity index (χ2n) is 3.37. The van der Waals surface area contributed by atoms with Crippen molar-refractivity contribution in [1.82, 2.24) is 15.0 Å². The van der Waals surface area contributed by atoms with Crippen LogP contribution in [0.4, 0.5) is 11.6 Å². The molecule has 2 aromatic rings. The largest absolute Gasteiger partial charge is 0.396 e. The Morgan fingerprint density at radius 1 is 1.12 bits per heavy atom. The maximum absolute atomic E-state index is 5.49. The number of nitrogen functional groups attached to an aromatic ring is 1. The highest BCUT2D eigenvalue weighted by Crippen LogP contribution is 2.02. The van der Waals surface area contributed by atoms with Crippen molar-refractivity contribution in [2.45, 2.75) is 6.42 Å². The zero-order valence-corrected chi connectivity index (χ0v) is 8.80. The normalized spacial score (nSPS) is 10.0. The highest BCUT2D eigenvalue weighted by Gasteiger charge is 1.95. The molecule has 82 valence electrons. The van der Waals surface area contributed by atoms with Gasteiger partial charge in [-0.3, -0.25) is 4.98 Å². The predicted octanol–water partition coefficient (Wildman–Crippen LogP) is 1.11. The van der Waals surface area contributed by atoms with Crippen LogP contribution in [0.1, 0.15) is 5.56 Å². The van der Waals surface area contributed by atoms with Gasteiger partial charge in [-0.25, -0.2) is 9.97 Å². The van der Waals surface area contributed by atoms with Gasteiger partial charge >= 0.3 is 0 Å². The van der Waals surface area contributed by atoms with Crippen molar-refractivity contribution in [3.63, 3.8) is 0 Å². The lowest BCUT2D eigenvalue weighted by molar-refractivity contribution is 0.980. The van der Waals surface area contributed by atoms with Gasteiger partial charge in [0.05, 0.1) is 18.1 Å². The van der Waals surface area contributed by atoms with Crippen LogP contribution in [0.3, 0.4) is 0 Å². The standard InChI is InChI=1S/C11H13N5/c12-10-7-15-11(16-8-10)14-6-3-9-1-4-13-5-2-9/h1-2,4-5,7-8H,3,6,12H2,(H,14,15,16). The van der Waals surface area contributed by atoms with E-state index in [1.807, 2.05) is 12.1 Å². The van der Waals surface area contributed by atoms with Crippen LogP contribution >= 0.6 is 0 Å². The summed E-state index contributed by atoms with van der Waals surface area (Å²) < 4.78 is 0. The molecule has 0 spiro atoms. The Hall–Kier alpha value is -2.17. The quantitative estimate of drug-likeness (QED) is 0.798. The first-order valence-corrected chi connectivity index (χ1v) is 5.05. The highest BCUT2D eigenvalue weighted by atomic mass is 15.1. The minimum Gasteiger partial charge on any atom is -0.396 e. The summed E-state index contributed by atoms with van der Waals surface area (Å²) in [5.74, 6) is 0.600. The van der Waals surface area contributed by atoms with E-state index in [1.54, 1.807) is 24.8 Å². The van der Waals surface area contributed by atoms with Gasteiger partial charge in [0.2, 0.25) is 5.95 Å². The molecule has 16 heavy (non-hydrogen) atoms. The average Bonchev–Trinajstić information content (AvgIpc) is 2.33. The number of nitrogens with one attached hydrogen (secondary N) is 1. The molecule has 0 saturated carbocycles. The molecule has 5 nitrogen and oxygen atoms in total. The summed E-state index contributed by atoms with van der Waals surface area (Å²) in [6, 6.07) is 3.98. The van der Waals surface area contributed by atoms with E-state index in [4.69, 9.17) is 5.73 Å². The molecular weight excluding hydrogens is 202 g/mol. The fourth-order valence-corrected chi connectivity index (χ4v) is 1.30. The Bertz CT molecular complexity index is 426. The first-order valence-electron chi connectivity index (χ1n) is 5.05. The summed E-state index contributed by atoms with van der Waals surface area (Å²) in [7, 11) is 0. The Morgan fingerprint density at radius 3 is 2.50 bits per heavy atom. The van der Waals surface area contributed by atoms with Crippen molar-refractivity contribution in [2.24, 2.45) is 0 Å². The van der Waals surface area contributed by atoms with E-state index in [9.17, 15) is 0 Å². The summed E-state index contributed by atoms with van der Waals surface area (Å²) in [6.07, 6.45) is 7.66. The zero-order chi connectivity index (χ0) is 11.2. The van der Waals surface area contributed by atoms with E-state index in [0.29, 0.717) is 11.6 Å². The third-order valence-corrected chi connectivity index (χ3v) is 2.12. The molecule has 5 heteroatoms. The maximum Gasteiger partial charge on any atom is 0.222 e. The summed E-state index contributed by atoms with van der Waals surface area (Å²) in [5, 5.41) is 3.12. The molecule has 0 aliphatic rings. The molecule has 0 radical (unpaired) electrons. The minimum absolute atomic E-state index is 0.569. The number of rotatable bonds is 4. The van der Waals surface area contributed by atoms with E-state index in [-0.39, 0.29) is 0 Å². The minimum atomic E-state index is 0.569. The van der Waals surface area contributed by atoms with E-state index < -0.39 is 0 Å². The fraction of sp³-hybridized carbons (Fsp3) is 0.182. The second-order valence-corrected chi connectivity index (χ2v) is 3.37. The smallest absolute Gasteiger partial charge is 0.222 e. The third kappa shape index (κ3) is 2.91. The maximum atomic E-state index is 5.49. The number of aromatic nitrogens is 3. The highest BCUT2D eigenvalue weighted by molar-refractivity contribution is 5.35. The topological polar surface area (TPSA) is 76.7 Å². The van der Waals surface area contributed by atoms with Crippen molar-refractivity contribution in [1.29, 1.82) is 0 Å².